The van der Waals surface area contributed by atoms with Crippen molar-refractivity contribution in [1.29, 1.82) is 0 Å². The molecule has 0 bridgehead atoms. The summed E-state index contributed by atoms with van der Waals surface area (Å²) in [6.45, 7) is 2.76. The van der Waals surface area contributed by atoms with Crippen molar-refractivity contribution < 1.29 is 4.79 Å². The van der Waals surface area contributed by atoms with E-state index in [2.05, 4.69) is 15.6 Å². The van der Waals surface area contributed by atoms with Crippen LogP contribution in [0.15, 0.2) is 24.3 Å². The van der Waals surface area contributed by atoms with Crippen LogP contribution in [0.25, 0.3) is 10.9 Å². The molecule has 1 aliphatic rings. The molecule has 4 nitrogen and oxygen atoms in total. The topological polar surface area (TPSA) is 56.9 Å². The van der Waals surface area contributed by atoms with Gasteiger partial charge in [-0.15, -0.1) is 0 Å². The zero-order valence-electron chi connectivity index (χ0n) is 10.5. The minimum atomic E-state index is -0.0563. The Morgan fingerprint density at radius 1 is 1.42 bits per heavy atom. The van der Waals surface area contributed by atoms with Gasteiger partial charge >= 0.3 is 0 Å². The summed E-state index contributed by atoms with van der Waals surface area (Å²) in [5.41, 5.74) is 1.48. The van der Waals surface area contributed by atoms with Crippen LogP contribution in [0, 0.1) is 5.92 Å². The zero-order valence-corrected chi connectivity index (χ0v) is 11.3. The number of fused-ring (bicyclic) bond motifs is 1. The summed E-state index contributed by atoms with van der Waals surface area (Å²) in [6.07, 6.45) is 1.13. The second kappa shape index (κ2) is 5.23. The third-order valence-electron chi connectivity index (χ3n) is 3.54. The first kappa shape index (κ1) is 12.5. The van der Waals surface area contributed by atoms with E-state index in [0.717, 1.165) is 37.0 Å². The van der Waals surface area contributed by atoms with Gasteiger partial charge in [0.2, 0.25) is 0 Å². The molecule has 0 saturated carbocycles. The number of carbonyl (C=O) groups is 1. The van der Waals surface area contributed by atoms with Crippen LogP contribution in [-0.2, 0) is 0 Å². The van der Waals surface area contributed by atoms with Crippen molar-refractivity contribution in [1.82, 2.24) is 15.6 Å². The average molecular weight is 278 g/mol. The van der Waals surface area contributed by atoms with Crippen LogP contribution < -0.4 is 10.6 Å². The van der Waals surface area contributed by atoms with Gasteiger partial charge in [-0.05, 0) is 43.6 Å². The van der Waals surface area contributed by atoms with Crippen molar-refractivity contribution in [3.63, 3.8) is 0 Å². The molecule has 1 amide bonds. The molecule has 1 atom stereocenters. The summed E-state index contributed by atoms with van der Waals surface area (Å²) in [4.78, 5) is 15.2. The number of aromatic nitrogens is 1. The van der Waals surface area contributed by atoms with E-state index in [9.17, 15) is 4.79 Å². The summed E-state index contributed by atoms with van der Waals surface area (Å²) in [6, 6.07) is 7.41. The Hall–Kier alpha value is -1.52. The van der Waals surface area contributed by atoms with Crippen molar-refractivity contribution in [3.05, 3.63) is 35.0 Å². The summed E-state index contributed by atoms with van der Waals surface area (Å²) in [5.74, 6) is 0.488. The smallest absolute Gasteiger partial charge is 0.267 e. The minimum absolute atomic E-state index is 0.0563. The van der Waals surface area contributed by atoms with E-state index >= 15 is 0 Å². The highest BCUT2D eigenvalue weighted by Gasteiger charge is 2.16. The van der Waals surface area contributed by atoms with Gasteiger partial charge in [-0.1, -0.05) is 17.7 Å². The summed E-state index contributed by atoms with van der Waals surface area (Å²) < 4.78 is 0. The van der Waals surface area contributed by atoms with Crippen LogP contribution in [0.1, 0.15) is 16.9 Å². The molecule has 0 spiro atoms. The molecule has 0 radical (unpaired) electrons. The first-order valence-electron chi connectivity index (χ1n) is 6.49. The summed E-state index contributed by atoms with van der Waals surface area (Å²) in [5, 5.41) is 7.93. The standard InChI is InChI=1S/C14H16ClN3O/c15-11-2-1-10-5-13(18-12(10)6-11)14(19)17-8-9-3-4-16-7-9/h1-2,5-6,9,16,18H,3-4,7-8H2,(H,17,19)/t9-/m0/s1. The lowest BCUT2D eigenvalue weighted by Gasteiger charge is -2.08. The molecule has 3 rings (SSSR count). The van der Waals surface area contributed by atoms with E-state index in [4.69, 9.17) is 11.6 Å². The molecular formula is C14H16ClN3O. The van der Waals surface area contributed by atoms with Crippen LogP contribution >= 0.6 is 11.6 Å². The van der Waals surface area contributed by atoms with Gasteiger partial charge < -0.3 is 15.6 Å². The van der Waals surface area contributed by atoms with Crippen molar-refractivity contribution in [2.75, 3.05) is 19.6 Å². The number of carbonyl (C=O) groups excluding carboxylic acids is 1. The molecule has 1 saturated heterocycles. The summed E-state index contributed by atoms with van der Waals surface area (Å²) in [7, 11) is 0. The Labute approximate surface area is 116 Å². The second-order valence-corrected chi connectivity index (χ2v) is 5.42. The molecule has 0 unspecified atom stereocenters. The van der Waals surface area contributed by atoms with Crippen LogP contribution in [0.3, 0.4) is 0 Å². The maximum atomic E-state index is 12.1. The predicted octanol–water partition coefficient (Wildman–Crippen LogP) is 2.16. The largest absolute Gasteiger partial charge is 0.350 e. The maximum absolute atomic E-state index is 12.1. The number of rotatable bonds is 3. The maximum Gasteiger partial charge on any atom is 0.267 e. The number of amides is 1. The van der Waals surface area contributed by atoms with Crippen LogP contribution in [0.5, 0.6) is 0 Å². The molecule has 2 aromatic rings. The molecule has 1 aliphatic heterocycles. The van der Waals surface area contributed by atoms with Gasteiger partial charge in [0.05, 0.1) is 0 Å². The fourth-order valence-electron chi connectivity index (χ4n) is 2.44. The SMILES string of the molecule is O=C(NC[C@H]1CCNC1)c1cc2ccc(Cl)cc2[nH]1. The van der Waals surface area contributed by atoms with Crippen molar-refractivity contribution in [3.8, 4) is 0 Å². The first-order chi connectivity index (χ1) is 9.22. The Balaban J connectivity index is 1.70. The molecule has 1 aromatic carbocycles. The molecule has 0 aliphatic carbocycles. The highest BCUT2D eigenvalue weighted by atomic mass is 35.5. The lowest BCUT2D eigenvalue weighted by molar-refractivity contribution is 0.0944. The van der Waals surface area contributed by atoms with Gasteiger partial charge in [0.25, 0.3) is 5.91 Å². The monoisotopic (exact) mass is 277 g/mol. The van der Waals surface area contributed by atoms with E-state index in [1.54, 1.807) is 0 Å². The van der Waals surface area contributed by atoms with E-state index < -0.39 is 0 Å². The molecule has 2 heterocycles. The molecule has 1 aromatic heterocycles. The number of aromatic amines is 1. The predicted molar refractivity (Wildman–Crippen MR) is 76.6 cm³/mol. The number of H-pyrrole nitrogens is 1. The van der Waals surface area contributed by atoms with E-state index in [1.165, 1.54) is 0 Å². The fourth-order valence-corrected chi connectivity index (χ4v) is 2.61. The van der Waals surface area contributed by atoms with Crippen LogP contribution in [0.2, 0.25) is 5.02 Å². The highest BCUT2D eigenvalue weighted by molar-refractivity contribution is 6.31. The Morgan fingerprint density at radius 2 is 2.32 bits per heavy atom. The van der Waals surface area contributed by atoms with Gasteiger partial charge in [0.1, 0.15) is 5.69 Å². The van der Waals surface area contributed by atoms with Gasteiger partial charge in [0.15, 0.2) is 0 Å². The Morgan fingerprint density at radius 3 is 3.11 bits per heavy atom. The highest BCUT2D eigenvalue weighted by Crippen LogP contribution is 2.20. The lowest BCUT2D eigenvalue weighted by Crippen LogP contribution is -2.30. The van der Waals surface area contributed by atoms with Crippen LogP contribution in [0.4, 0.5) is 0 Å². The van der Waals surface area contributed by atoms with Gasteiger partial charge in [-0.2, -0.15) is 0 Å². The normalized spacial score (nSPS) is 18.9. The van der Waals surface area contributed by atoms with Crippen molar-refractivity contribution >= 4 is 28.4 Å². The van der Waals surface area contributed by atoms with E-state index in [0.29, 0.717) is 16.6 Å². The number of halogens is 1. The van der Waals surface area contributed by atoms with Gasteiger partial charge in [0, 0.05) is 22.5 Å². The van der Waals surface area contributed by atoms with Crippen molar-refractivity contribution in [2.24, 2.45) is 5.92 Å². The van der Waals surface area contributed by atoms with E-state index in [-0.39, 0.29) is 5.91 Å². The zero-order chi connectivity index (χ0) is 13.2. The minimum Gasteiger partial charge on any atom is -0.350 e. The number of nitrogens with one attached hydrogen (secondary N) is 3. The van der Waals surface area contributed by atoms with Crippen LogP contribution in [-0.4, -0.2) is 30.5 Å². The quantitative estimate of drug-likeness (QED) is 0.805. The molecular weight excluding hydrogens is 262 g/mol. The second-order valence-electron chi connectivity index (χ2n) is 4.98. The molecule has 100 valence electrons. The average Bonchev–Trinajstić information content (AvgIpc) is 3.04. The van der Waals surface area contributed by atoms with Gasteiger partial charge in [-0.25, -0.2) is 0 Å². The van der Waals surface area contributed by atoms with Crippen molar-refractivity contribution in [2.45, 2.75) is 6.42 Å². The lowest BCUT2D eigenvalue weighted by atomic mass is 10.1. The van der Waals surface area contributed by atoms with E-state index in [1.807, 2.05) is 24.3 Å². The fraction of sp³-hybridized carbons (Fsp3) is 0.357. The molecule has 3 N–H and O–H groups in total. The van der Waals surface area contributed by atoms with Gasteiger partial charge in [-0.3, -0.25) is 4.79 Å². The first-order valence-corrected chi connectivity index (χ1v) is 6.87. The molecule has 1 fully saturated rings. The third-order valence-corrected chi connectivity index (χ3v) is 3.78. The Kier molecular flexibility index (Phi) is 3.44. The number of hydrogen-bond donors (Lipinski definition) is 3. The molecule has 5 heteroatoms. The Bertz CT molecular complexity index is 602. The third kappa shape index (κ3) is 2.74. The molecule has 19 heavy (non-hydrogen) atoms. The summed E-state index contributed by atoms with van der Waals surface area (Å²) >= 11 is 5.93. The number of benzene rings is 1. The number of hydrogen-bond acceptors (Lipinski definition) is 2.